The summed E-state index contributed by atoms with van der Waals surface area (Å²) in [5.41, 5.74) is -0.831. The van der Waals surface area contributed by atoms with Gasteiger partial charge in [-0.2, -0.15) is 36.3 Å². The molecule has 0 unspecified atom stereocenters. The summed E-state index contributed by atoms with van der Waals surface area (Å²) in [6.45, 7) is 20.8. The topological polar surface area (TPSA) is 277 Å². The van der Waals surface area contributed by atoms with E-state index in [-0.39, 0.29) is 69.9 Å². The number of ether oxygens (including phenoxy) is 4. The van der Waals surface area contributed by atoms with E-state index in [0.29, 0.717) is 84.8 Å². The molecule has 0 aliphatic carbocycles. The highest BCUT2D eigenvalue weighted by molar-refractivity contribution is 6.32. The van der Waals surface area contributed by atoms with Crippen molar-refractivity contribution in [2.24, 2.45) is 0 Å². The van der Waals surface area contributed by atoms with Gasteiger partial charge in [0.05, 0.1) is 24.8 Å². The second-order valence-electron chi connectivity index (χ2n) is 25.8. The predicted octanol–water partition coefficient (Wildman–Crippen LogP) is 14.3. The van der Waals surface area contributed by atoms with Crippen molar-refractivity contribution in [2.45, 2.75) is 143 Å². The van der Waals surface area contributed by atoms with E-state index in [9.17, 15) is 64.7 Å². The van der Waals surface area contributed by atoms with Crippen LogP contribution in [0.1, 0.15) is 127 Å². The number of hydrogen-bond donors (Lipinski definition) is 3. The molecule has 2 aromatic heterocycles. The Balaban J connectivity index is 0.000000291. The number of esters is 2. The Labute approximate surface area is 619 Å². The van der Waals surface area contributed by atoms with Crippen LogP contribution in [-0.2, 0) is 41.5 Å². The third kappa shape index (κ3) is 26.5. The van der Waals surface area contributed by atoms with E-state index in [2.05, 4.69) is 30.6 Å². The van der Waals surface area contributed by atoms with Crippen LogP contribution < -0.4 is 40.1 Å². The molecule has 2 aliphatic heterocycles. The molecule has 4 heterocycles. The normalized spacial score (nSPS) is 13.5. The van der Waals surface area contributed by atoms with Crippen molar-refractivity contribution in [1.82, 2.24) is 29.7 Å². The Bertz CT molecular complexity index is 3930. The molecule has 33 heteroatoms. The SMILES string of the molecule is CCN(CC)c1ncc(N(CC(=O)c2ccc(Cl)cc2)C(=O)C(F)(F)F)c(N[C@@H](Cc2ccc(OC(=O)N3CCCC3)cc2)C(=O)OC(C)(C)C)n1.CCN(CC)c1ncc(NC(=O)C(F)(F)F)c(N[C@@H](Cc2ccc(OC(=O)N3CCCC3)cc2)C(=O)OC(C)(C)C)n1.O=C(CCl)c1ccc(Cl)cc1. The van der Waals surface area contributed by atoms with Gasteiger partial charge in [-0.1, -0.05) is 47.5 Å². The van der Waals surface area contributed by atoms with Crippen LogP contribution in [0.3, 0.4) is 0 Å². The first-order chi connectivity index (χ1) is 49.4. The molecule has 8 rings (SSSR count). The van der Waals surface area contributed by atoms with Gasteiger partial charge in [-0.05, 0) is 179 Å². The van der Waals surface area contributed by atoms with E-state index in [4.69, 9.17) is 53.8 Å². The number of carbonyl (C=O) groups is 8. The van der Waals surface area contributed by atoms with E-state index in [0.717, 1.165) is 38.1 Å². The third-order valence-electron chi connectivity index (χ3n) is 15.5. The third-order valence-corrected chi connectivity index (χ3v) is 16.3. The minimum Gasteiger partial charge on any atom is -0.458 e. The monoisotopic (exact) mass is 1530 g/mol. The molecule has 2 fully saturated rings. The molecule has 2 aliphatic rings. The predicted molar refractivity (Wildman–Crippen MR) is 387 cm³/mol. The average molecular weight is 1530 g/mol. The van der Waals surface area contributed by atoms with Gasteiger partial charge in [0.2, 0.25) is 11.9 Å². The molecule has 4 amide bonds. The molecule has 0 saturated carbocycles. The summed E-state index contributed by atoms with van der Waals surface area (Å²) < 4.78 is 104. The lowest BCUT2D eigenvalue weighted by molar-refractivity contribution is -0.170. The highest BCUT2D eigenvalue weighted by atomic mass is 35.5. The second kappa shape index (κ2) is 38.5. The molecule has 2 saturated heterocycles. The Morgan fingerprint density at radius 3 is 1.28 bits per heavy atom. The smallest absolute Gasteiger partial charge is 0.458 e. The van der Waals surface area contributed by atoms with Gasteiger partial charge in [0.15, 0.2) is 23.2 Å². The summed E-state index contributed by atoms with van der Waals surface area (Å²) in [7, 11) is 0. The van der Waals surface area contributed by atoms with Crippen LogP contribution in [-0.4, -0.2) is 178 Å². The van der Waals surface area contributed by atoms with Crippen LogP contribution in [0, 0.1) is 0 Å². The van der Waals surface area contributed by atoms with Crippen LogP contribution >= 0.6 is 34.8 Å². The summed E-state index contributed by atoms with van der Waals surface area (Å²) in [4.78, 5) is 125. The van der Waals surface area contributed by atoms with Crippen molar-refractivity contribution in [3.8, 4) is 11.5 Å². The largest absolute Gasteiger partial charge is 0.471 e. The Morgan fingerprint density at radius 1 is 0.524 bits per heavy atom. The zero-order valence-corrected chi connectivity index (χ0v) is 62.0. The average Bonchev–Trinajstić information content (AvgIpc) is 1.40. The molecule has 2 atom stereocenters. The van der Waals surface area contributed by atoms with Crippen molar-refractivity contribution in [2.75, 3.05) is 95.4 Å². The Kier molecular flexibility index (Phi) is 30.9. The molecule has 0 radical (unpaired) electrons. The van der Waals surface area contributed by atoms with Crippen molar-refractivity contribution < 1.29 is 83.6 Å². The number of likely N-dealkylation sites (tertiary alicyclic amines) is 2. The van der Waals surface area contributed by atoms with Gasteiger partial charge in [0.25, 0.3) is 0 Å². The van der Waals surface area contributed by atoms with E-state index >= 15 is 0 Å². The molecule has 0 spiro atoms. The standard InChI is InChI=1S/C36H42ClF3N6O6.C28H37F3N6O5.C8H6Cl2O/c1-6-44(7-2)33-41-21-28(46(32(49)36(38,39)40)22-29(47)24-12-14-25(37)15-13-24)30(43-33)42-27(31(48)52-35(3,4)5)20-23-10-16-26(17-11-23)51-34(50)45-18-8-9-19-45;1-6-36(7-2)25-32-17-21(34-24(39)28(29,30)31)22(35-25)33-20(23(38)42-27(3,4)5)16-18-10-12-19(13-11-18)41-26(40)37-14-8-9-15-37;9-5-8(11)6-1-3-7(10)4-2-6/h10-17,21,27H,6-9,18-20,22H2,1-5H3,(H,41,42,43);10-13,17,20H,6-9,14-16H2,1-5H3,(H,34,39)(H,32,33,35);1-4H,5H2/t27-;20-;/m00./s1. The number of ketones is 2. The fourth-order valence-electron chi connectivity index (χ4n) is 10.2. The Morgan fingerprint density at radius 2 is 0.905 bits per heavy atom. The minimum atomic E-state index is -5.39. The fraction of sp³-hybridized carbons (Fsp3) is 0.444. The van der Waals surface area contributed by atoms with Crippen LogP contribution in [0.15, 0.2) is 109 Å². The quantitative estimate of drug-likeness (QED) is 0.0208. The van der Waals surface area contributed by atoms with E-state index in [1.165, 1.54) is 24.3 Å². The van der Waals surface area contributed by atoms with Gasteiger partial charge in [-0.3, -0.25) is 24.1 Å². The van der Waals surface area contributed by atoms with Gasteiger partial charge in [-0.15, -0.1) is 11.6 Å². The molecule has 4 aromatic carbocycles. The first kappa shape index (κ1) is 84.4. The number of anilines is 6. The summed E-state index contributed by atoms with van der Waals surface area (Å²) in [5, 5.41) is 8.50. The zero-order valence-electron chi connectivity index (χ0n) is 59.7. The highest BCUT2D eigenvalue weighted by Gasteiger charge is 2.45. The minimum absolute atomic E-state index is 0.0146. The van der Waals surface area contributed by atoms with Crippen molar-refractivity contribution in [1.29, 1.82) is 0 Å². The van der Waals surface area contributed by atoms with Gasteiger partial charge in [0, 0.05) is 86.4 Å². The van der Waals surface area contributed by atoms with Crippen molar-refractivity contribution in [3.05, 3.63) is 142 Å². The highest BCUT2D eigenvalue weighted by Crippen LogP contribution is 2.33. The number of carbonyl (C=O) groups excluding carboxylic acids is 8. The lowest BCUT2D eigenvalue weighted by Gasteiger charge is -2.29. The number of amides is 4. The number of nitrogens with one attached hydrogen (secondary N) is 3. The maximum Gasteiger partial charge on any atom is 0.471 e. The van der Waals surface area contributed by atoms with Crippen LogP contribution in [0.2, 0.25) is 10.0 Å². The fourth-order valence-corrected chi connectivity index (χ4v) is 10.6. The molecular weight excluding hydrogens is 1450 g/mol. The summed E-state index contributed by atoms with van der Waals surface area (Å²) in [6, 6.07) is 22.7. The number of rotatable bonds is 25. The summed E-state index contributed by atoms with van der Waals surface area (Å²) in [6.07, 6.45) is -5.74. The maximum atomic E-state index is 14.1. The molecule has 24 nitrogen and oxygen atoms in total. The molecule has 568 valence electrons. The molecule has 3 N–H and O–H groups in total. The molecule has 105 heavy (non-hydrogen) atoms. The summed E-state index contributed by atoms with van der Waals surface area (Å²) >= 11 is 16.9. The molecule has 0 bridgehead atoms. The number of alkyl halides is 7. The van der Waals surface area contributed by atoms with Crippen LogP contribution in [0.25, 0.3) is 0 Å². The number of halogens is 9. The van der Waals surface area contributed by atoms with Crippen molar-refractivity contribution >= 4 is 117 Å². The van der Waals surface area contributed by atoms with Gasteiger partial charge < -0.3 is 54.5 Å². The van der Waals surface area contributed by atoms with Gasteiger partial charge in [0.1, 0.15) is 46.2 Å². The molecular formula is C72H85Cl3F6N12O12. The summed E-state index contributed by atoms with van der Waals surface area (Å²) in [5.74, 6) is -6.48. The lowest BCUT2D eigenvalue weighted by Crippen LogP contribution is -2.45. The van der Waals surface area contributed by atoms with Gasteiger partial charge >= 0.3 is 48.3 Å². The Hall–Kier alpha value is -9.55. The number of nitrogens with zero attached hydrogens (tertiary/aromatic N) is 9. The number of benzene rings is 4. The van der Waals surface area contributed by atoms with Gasteiger partial charge in [-0.25, -0.2) is 29.1 Å². The molecule has 6 aromatic rings. The van der Waals surface area contributed by atoms with E-state index in [1.807, 2.05) is 27.7 Å². The second-order valence-corrected chi connectivity index (χ2v) is 26.9. The number of Topliss-reactive ketones (excluding diaryl/α,β-unsaturated/α-hetero) is 2. The van der Waals surface area contributed by atoms with Crippen LogP contribution in [0.5, 0.6) is 11.5 Å². The van der Waals surface area contributed by atoms with Crippen molar-refractivity contribution in [3.63, 3.8) is 0 Å². The number of hydrogen-bond acceptors (Lipinski definition) is 20. The van der Waals surface area contributed by atoms with E-state index < -0.39 is 89.6 Å². The first-order valence-electron chi connectivity index (χ1n) is 33.7. The van der Waals surface area contributed by atoms with E-state index in [1.54, 1.807) is 139 Å². The lowest BCUT2D eigenvalue weighted by atomic mass is 10.0. The van der Waals surface area contributed by atoms with Crippen LogP contribution in [0.4, 0.5) is 70.8 Å². The maximum absolute atomic E-state index is 14.1. The number of aromatic nitrogens is 4. The first-order valence-corrected chi connectivity index (χ1v) is 35.0. The zero-order chi connectivity index (χ0) is 77.6.